The summed E-state index contributed by atoms with van der Waals surface area (Å²) >= 11 is 6.02. The number of hydrogen-bond acceptors (Lipinski definition) is 5. The summed E-state index contributed by atoms with van der Waals surface area (Å²) in [4.78, 5) is 9.00. The van der Waals surface area contributed by atoms with Crippen LogP contribution in [0.5, 0.6) is 0 Å². The lowest BCUT2D eigenvalue weighted by Gasteiger charge is -2.29. The predicted molar refractivity (Wildman–Crippen MR) is 127 cm³/mol. The Labute approximate surface area is 191 Å². The molecule has 5 rings (SSSR count). The number of hydrogen-bond donors (Lipinski definition) is 1. The van der Waals surface area contributed by atoms with Gasteiger partial charge in [0.25, 0.3) is 0 Å². The Morgan fingerprint density at radius 3 is 2.78 bits per heavy atom. The van der Waals surface area contributed by atoms with E-state index in [9.17, 15) is 8.42 Å². The van der Waals surface area contributed by atoms with Gasteiger partial charge in [-0.2, -0.15) is 4.31 Å². The zero-order valence-electron chi connectivity index (χ0n) is 17.2. The highest BCUT2D eigenvalue weighted by Crippen LogP contribution is 2.29. The molecule has 2 aromatic heterocycles. The smallest absolute Gasteiger partial charge is 0.218 e. The third kappa shape index (κ3) is 4.32. The van der Waals surface area contributed by atoms with Gasteiger partial charge in [-0.05, 0) is 47.9 Å². The van der Waals surface area contributed by atoms with Crippen molar-refractivity contribution >= 4 is 44.0 Å². The van der Waals surface area contributed by atoms with Crippen molar-refractivity contribution in [1.29, 1.82) is 0 Å². The molecule has 0 amide bonds. The predicted octanol–water partition coefficient (Wildman–Crippen LogP) is 4.91. The van der Waals surface area contributed by atoms with Gasteiger partial charge < -0.3 is 5.32 Å². The van der Waals surface area contributed by atoms with Gasteiger partial charge >= 0.3 is 0 Å². The number of nitrogens with zero attached hydrogens (tertiary/aromatic N) is 3. The summed E-state index contributed by atoms with van der Waals surface area (Å²) in [5, 5.41) is 4.94. The fourth-order valence-corrected chi connectivity index (χ4v) is 5.72. The van der Waals surface area contributed by atoms with Crippen molar-refractivity contribution in [3.8, 4) is 0 Å². The topological polar surface area (TPSA) is 75.2 Å². The lowest BCUT2D eigenvalue weighted by molar-refractivity contribution is 0.390. The second-order valence-electron chi connectivity index (χ2n) is 7.81. The van der Waals surface area contributed by atoms with Crippen molar-refractivity contribution in [2.75, 3.05) is 11.9 Å². The number of rotatable bonds is 5. The number of aromatic nitrogens is 2. The van der Waals surface area contributed by atoms with Crippen molar-refractivity contribution < 1.29 is 8.42 Å². The fourth-order valence-electron chi connectivity index (χ4n) is 4.01. The molecule has 4 aromatic rings. The molecular formula is C24H21ClN4O2S. The van der Waals surface area contributed by atoms with Crippen LogP contribution in [0.2, 0.25) is 5.02 Å². The van der Waals surface area contributed by atoms with Gasteiger partial charge in [-0.1, -0.05) is 41.9 Å². The number of sulfonamides is 1. The molecule has 6 nitrogen and oxygen atoms in total. The van der Waals surface area contributed by atoms with Gasteiger partial charge in [0.1, 0.15) is 5.82 Å². The monoisotopic (exact) mass is 464 g/mol. The van der Waals surface area contributed by atoms with Gasteiger partial charge in [-0.15, -0.1) is 0 Å². The number of benzene rings is 2. The lowest BCUT2D eigenvalue weighted by Crippen LogP contribution is -2.37. The van der Waals surface area contributed by atoms with Crippen LogP contribution in [0, 0.1) is 0 Å². The molecule has 0 unspecified atom stereocenters. The quantitative estimate of drug-likeness (QED) is 0.454. The van der Waals surface area contributed by atoms with E-state index in [4.69, 9.17) is 11.6 Å². The van der Waals surface area contributed by atoms with E-state index >= 15 is 0 Å². The first-order valence-electron chi connectivity index (χ1n) is 10.3. The number of anilines is 2. The Balaban J connectivity index is 1.37. The normalized spacial score (nSPS) is 14.3. The van der Waals surface area contributed by atoms with Crippen LogP contribution < -0.4 is 5.32 Å². The summed E-state index contributed by atoms with van der Waals surface area (Å²) in [5.74, 6) is 0.674. The van der Waals surface area contributed by atoms with Crippen LogP contribution in [-0.4, -0.2) is 29.2 Å². The summed E-state index contributed by atoms with van der Waals surface area (Å²) in [6.07, 6.45) is 4.08. The maximum absolute atomic E-state index is 13.0. The van der Waals surface area contributed by atoms with Crippen LogP contribution in [-0.2, 0) is 28.7 Å². The van der Waals surface area contributed by atoms with Crippen molar-refractivity contribution in [2.24, 2.45) is 0 Å². The molecule has 2 aromatic carbocycles. The van der Waals surface area contributed by atoms with E-state index in [1.54, 1.807) is 36.7 Å². The Bertz CT molecular complexity index is 1410. The van der Waals surface area contributed by atoms with E-state index in [0.717, 1.165) is 33.5 Å². The highest BCUT2D eigenvalue weighted by atomic mass is 35.5. The summed E-state index contributed by atoms with van der Waals surface area (Å²) < 4.78 is 27.6. The van der Waals surface area contributed by atoms with Gasteiger partial charge in [0.15, 0.2) is 0 Å². The molecule has 1 aliphatic heterocycles. The van der Waals surface area contributed by atoms with Crippen LogP contribution >= 0.6 is 11.6 Å². The highest BCUT2D eigenvalue weighted by molar-refractivity contribution is 7.88. The second-order valence-corrected chi connectivity index (χ2v) is 10.2. The third-order valence-corrected chi connectivity index (χ3v) is 7.63. The molecule has 32 heavy (non-hydrogen) atoms. The molecule has 0 bridgehead atoms. The van der Waals surface area contributed by atoms with E-state index in [1.165, 1.54) is 4.31 Å². The number of para-hydroxylation sites is 1. The van der Waals surface area contributed by atoms with Crippen molar-refractivity contribution in [3.05, 3.63) is 94.8 Å². The standard InChI is InChI=1S/C24H21ClN4O2S/c25-20-6-3-4-17(12-20)16-32(30,31)29-11-9-22-19(15-29)8-10-26-24(22)28-21-13-18-5-1-2-7-23(18)27-14-21/h1-8,10,12-14H,9,11,15-16H2,(H,26,28). The molecule has 1 aliphatic rings. The van der Waals surface area contributed by atoms with Crippen molar-refractivity contribution in [1.82, 2.24) is 14.3 Å². The van der Waals surface area contributed by atoms with E-state index in [2.05, 4.69) is 15.3 Å². The molecule has 0 saturated carbocycles. The fraction of sp³-hybridized carbons (Fsp3) is 0.167. The van der Waals surface area contributed by atoms with Gasteiger partial charge in [0.05, 0.1) is 23.2 Å². The maximum atomic E-state index is 13.0. The summed E-state index contributed by atoms with van der Waals surface area (Å²) in [6, 6.07) is 18.8. The van der Waals surface area contributed by atoms with Crippen molar-refractivity contribution in [3.63, 3.8) is 0 Å². The van der Waals surface area contributed by atoms with Gasteiger partial charge in [-0.3, -0.25) is 4.98 Å². The average molecular weight is 465 g/mol. The third-order valence-electron chi connectivity index (χ3n) is 5.60. The number of fused-ring (bicyclic) bond motifs is 2. The van der Waals surface area contributed by atoms with Gasteiger partial charge in [0.2, 0.25) is 10.0 Å². The Morgan fingerprint density at radius 2 is 1.91 bits per heavy atom. The minimum Gasteiger partial charge on any atom is -0.339 e. The molecule has 8 heteroatoms. The van der Waals surface area contributed by atoms with Gasteiger partial charge in [-0.25, -0.2) is 13.4 Å². The summed E-state index contributed by atoms with van der Waals surface area (Å²) in [7, 11) is -3.47. The molecule has 0 spiro atoms. The summed E-state index contributed by atoms with van der Waals surface area (Å²) in [6.45, 7) is 0.734. The van der Waals surface area contributed by atoms with Crippen LogP contribution in [0.1, 0.15) is 16.7 Å². The minimum atomic E-state index is -3.47. The largest absolute Gasteiger partial charge is 0.339 e. The zero-order valence-corrected chi connectivity index (χ0v) is 18.8. The Kier molecular flexibility index (Phi) is 5.55. The van der Waals surface area contributed by atoms with Crippen LogP contribution in [0.3, 0.4) is 0 Å². The Morgan fingerprint density at radius 1 is 1.03 bits per heavy atom. The van der Waals surface area contributed by atoms with Gasteiger partial charge in [0, 0.05) is 35.3 Å². The molecule has 0 fully saturated rings. The highest BCUT2D eigenvalue weighted by Gasteiger charge is 2.28. The molecule has 0 saturated heterocycles. The second kappa shape index (κ2) is 8.50. The van der Waals surface area contributed by atoms with Crippen LogP contribution in [0.25, 0.3) is 10.9 Å². The van der Waals surface area contributed by atoms with E-state index in [-0.39, 0.29) is 5.75 Å². The average Bonchev–Trinajstić information content (AvgIpc) is 2.78. The molecule has 0 radical (unpaired) electrons. The number of halogens is 1. The van der Waals surface area contributed by atoms with E-state index < -0.39 is 10.0 Å². The molecule has 3 heterocycles. The van der Waals surface area contributed by atoms with Crippen LogP contribution in [0.15, 0.2) is 73.1 Å². The minimum absolute atomic E-state index is 0.0676. The molecule has 0 atom stereocenters. The van der Waals surface area contributed by atoms with E-state index in [0.29, 0.717) is 30.1 Å². The molecule has 1 N–H and O–H groups in total. The zero-order chi connectivity index (χ0) is 22.1. The maximum Gasteiger partial charge on any atom is 0.218 e. The first-order chi connectivity index (χ1) is 15.5. The SMILES string of the molecule is O=S(=O)(Cc1cccc(Cl)c1)N1CCc2c(ccnc2Nc2cnc3ccccc3c2)C1. The molecule has 162 valence electrons. The first-order valence-corrected chi connectivity index (χ1v) is 12.3. The van der Waals surface area contributed by atoms with E-state index in [1.807, 2.05) is 36.4 Å². The lowest BCUT2D eigenvalue weighted by atomic mass is 10.0. The van der Waals surface area contributed by atoms with Crippen molar-refractivity contribution in [2.45, 2.75) is 18.7 Å². The Hall–Kier alpha value is -3.00. The van der Waals surface area contributed by atoms with Crippen LogP contribution in [0.4, 0.5) is 11.5 Å². The molecular weight excluding hydrogens is 444 g/mol. The first kappa shape index (κ1) is 20.9. The molecule has 0 aliphatic carbocycles. The number of pyridine rings is 2. The number of nitrogens with one attached hydrogen (secondary N) is 1. The summed E-state index contributed by atoms with van der Waals surface area (Å²) in [5.41, 5.74) is 4.46.